The molecule has 4 aliphatic heterocycles. The topological polar surface area (TPSA) is 627 Å². The highest BCUT2D eigenvalue weighted by molar-refractivity contribution is 5.94. The van der Waals surface area contributed by atoms with Crippen LogP contribution in [0.4, 0.5) is 0 Å². The van der Waals surface area contributed by atoms with Crippen LogP contribution in [-0.2, 0) is 57.5 Å². The number of fused-ring (bicyclic) bond motifs is 6. The van der Waals surface area contributed by atoms with E-state index in [0.29, 0.717) is 0 Å². The normalized spacial score (nSPS) is 20.6. The molecule has 4 aliphatic rings. The number of carboxylic acid groups (broad SMARTS) is 9. The third-order valence-electron chi connectivity index (χ3n) is 18.7. The Morgan fingerprint density at radius 3 is 0.553 bits per heavy atom. The highest BCUT2D eigenvalue weighted by atomic mass is 16.4. The number of nitrogens with one attached hydrogen (secondary N) is 6. The molecule has 630 valence electrons. The van der Waals surface area contributed by atoms with Gasteiger partial charge in [0, 0.05) is 177 Å². The summed E-state index contributed by atoms with van der Waals surface area (Å²) >= 11 is 0. The number of aliphatic carboxylic acids is 9. The van der Waals surface area contributed by atoms with Crippen LogP contribution in [-0.4, -0.2) is 464 Å². The van der Waals surface area contributed by atoms with Gasteiger partial charge in [-0.2, -0.15) is 0 Å². The molecule has 6 amide bonds. The fraction of sp³-hybridized carbons (Fsp3) is 0.636. The van der Waals surface area contributed by atoms with E-state index in [-0.39, 0.29) is 157 Å². The first-order valence-electron chi connectivity index (χ1n) is 36.5. The van der Waals surface area contributed by atoms with Crippen LogP contribution in [0.5, 0.6) is 0 Å². The van der Waals surface area contributed by atoms with Crippen LogP contribution in [0.15, 0.2) is 32.0 Å². The Bertz CT molecular complexity index is 3330. The van der Waals surface area contributed by atoms with E-state index >= 15 is 0 Å². The quantitative estimate of drug-likeness (QED) is 0.0295. The molecule has 7 heterocycles. The van der Waals surface area contributed by atoms with Crippen molar-refractivity contribution >= 4 is 89.2 Å². The summed E-state index contributed by atoms with van der Waals surface area (Å²) in [5.41, 5.74) is -1.40. The van der Waals surface area contributed by atoms with Crippen molar-refractivity contribution in [3.8, 4) is 0 Å². The molecule has 3 aromatic heterocycles. The number of aromatic nitrogens is 3. The van der Waals surface area contributed by atoms with E-state index in [1.807, 2.05) is 0 Å². The van der Waals surface area contributed by atoms with Crippen molar-refractivity contribution in [3.05, 3.63) is 53.5 Å². The van der Waals surface area contributed by atoms with Crippen molar-refractivity contribution in [1.82, 2.24) is 106 Å². The lowest BCUT2D eigenvalue weighted by Crippen LogP contribution is -2.50. The van der Waals surface area contributed by atoms with Gasteiger partial charge in [0.15, 0.2) is 17.1 Å². The van der Waals surface area contributed by atoms with E-state index in [9.17, 15) is 118 Å². The van der Waals surface area contributed by atoms with Crippen LogP contribution in [0, 0.1) is 0 Å². The lowest BCUT2D eigenvalue weighted by atomic mass is 10.2. The number of carboxylic acids is 9. The lowest BCUT2D eigenvalue weighted by Gasteiger charge is -2.32. The van der Waals surface area contributed by atoms with Gasteiger partial charge in [-0.1, -0.05) is 0 Å². The first kappa shape index (κ1) is 90.4. The fourth-order valence-electron chi connectivity index (χ4n) is 12.7. The highest BCUT2D eigenvalue weighted by Gasteiger charge is 2.34. The second kappa shape index (κ2) is 45.8. The molecule has 0 aromatic carbocycles. The van der Waals surface area contributed by atoms with Crippen LogP contribution in [0.2, 0.25) is 0 Å². The zero-order valence-electron chi connectivity index (χ0n) is 62.6. The molecule has 48 heteroatoms. The van der Waals surface area contributed by atoms with Crippen molar-refractivity contribution in [2.75, 3.05) is 255 Å². The Balaban J connectivity index is 1.17. The first-order chi connectivity index (χ1) is 54.3. The number of carbonyl (C=O) groups is 15. The maximum absolute atomic E-state index is 14.5. The molecule has 0 unspecified atom stereocenters. The molecule has 3 atom stereocenters. The van der Waals surface area contributed by atoms with Gasteiger partial charge in [0.1, 0.15) is 36.9 Å². The van der Waals surface area contributed by atoms with E-state index < -0.39 is 240 Å². The Labute approximate surface area is 650 Å². The minimum atomic E-state index is -1.49. The SMILES string of the molecule is O=C(O)CN1CCN(CC(=O)O)CCN(CC(=O)NC[C@@H]2NC(=O)c3coc(n3)[C@H](CNC(=O)CN3CCN(CC(=O)O)CCN(CC(=O)O)CCN(CC(=O)O)CC3)NC(=O)c3coc(n3)[C@H](CNC(=O)CN3CCN(CC(=O)O)CCN(CC(=O)O)CCN(CC(=O)O)CC3)NC(=O)c3coc2n3)CCN(CC(=O)O)CC1. The molecule has 48 nitrogen and oxygen atoms in total. The molecule has 0 spiro atoms. The molecule has 6 bridgehead atoms. The number of rotatable bonds is 30. The number of oxazole rings is 3. The van der Waals surface area contributed by atoms with Gasteiger partial charge in [-0.25, -0.2) is 15.0 Å². The number of hydrogen-bond donors (Lipinski definition) is 15. The molecule has 0 saturated carbocycles. The summed E-state index contributed by atoms with van der Waals surface area (Å²) in [7, 11) is 0. The average molecular weight is 1620 g/mol. The smallest absolute Gasteiger partial charge is 0.317 e. The minimum absolute atomic E-state index is 0.0429. The van der Waals surface area contributed by atoms with Crippen LogP contribution >= 0.6 is 0 Å². The monoisotopic (exact) mass is 1620 g/mol. The van der Waals surface area contributed by atoms with E-state index in [2.05, 4.69) is 46.9 Å². The molecule has 15 N–H and O–H groups in total. The van der Waals surface area contributed by atoms with Gasteiger partial charge in [0.2, 0.25) is 35.4 Å². The van der Waals surface area contributed by atoms with Gasteiger partial charge in [0.25, 0.3) is 17.7 Å². The fourth-order valence-corrected chi connectivity index (χ4v) is 12.7. The van der Waals surface area contributed by atoms with Crippen LogP contribution in [0.25, 0.3) is 0 Å². The zero-order valence-corrected chi connectivity index (χ0v) is 62.6. The standard InChI is InChI=1S/C66H99N21O27/c88-49(28-76-1-7-79(31-52(91)92)13-19-85(37-58(103)104)20-14-80(8-2-76)32-53(93)94)67-25-43-64-73-47(40-112-64)62(110)71-45(27-69-51(90)30-78-5-11-83(35-56(99)100)17-23-87(39-60(107)108)24-18-84(12-6-78)36-57(101)102)66-75-48(42-114-66)63(111)72-44(65-74-46(41-113-65)61(109)70-43)26-68-50(89)29-77-3-9-81(33-54(95)96)15-21-86(38-59(105)106)22-16-82(10-4-77)34-55(97)98/h40-45H,1-39H2,(H,67,88)(H,68,89)(H,69,90)(H,70,109)(H,71,110)(H,72,111)(H,91,92)(H,93,94)(H,95,96)(H,97,98)(H,99,100)(H,101,102)(H,103,104)(H,105,106)(H,107,108)/t43-,44-,45-/m0/s1. The second-order valence-electron chi connectivity index (χ2n) is 27.6. The summed E-state index contributed by atoms with van der Waals surface area (Å²) < 4.78 is 17.4. The molecule has 0 radical (unpaired) electrons. The lowest BCUT2D eigenvalue weighted by molar-refractivity contribution is -0.140. The van der Waals surface area contributed by atoms with Crippen LogP contribution in [0.3, 0.4) is 0 Å². The summed E-state index contributed by atoms with van der Waals surface area (Å²) in [5.74, 6) is -16.9. The molecule has 114 heavy (non-hydrogen) atoms. The number of hydrogen-bond acceptors (Lipinski definition) is 33. The summed E-state index contributed by atoms with van der Waals surface area (Å²) in [6.45, 7) is -4.99. The molecule has 0 aliphatic carbocycles. The van der Waals surface area contributed by atoms with Crippen molar-refractivity contribution in [2.24, 2.45) is 0 Å². The molecular weight excluding hydrogens is 1520 g/mol. The predicted octanol–water partition coefficient (Wildman–Crippen LogP) is -8.85. The Morgan fingerprint density at radius 1 is 0.272 bits per heavy atom. The van der Waals surface area contributed by atoms with E-state index in [4.69, 9.17) is 13.3 Å². The van der Waals surface area contributed by atoms with Gasteiger partial charge in [-0.05, 0) is 0 Å². The second-order valence-corrected chi connectivity index (χ2v) is 27.6. The Morgan fingerprint density at radius 2 is 0.412 bits per heavy atom. The summed E-state index contributed by atoms with van der Waals surface area (Å²) in [5, 5.41) is 104. The van der Waals surface area contributed by atoms with E-state index in [0.717, 1.165) is 18.8 Å². The zero-order chi connectivity index (χ0) is 83.0. The molecule has 3 saturated heterocycles. The van der Waals surface area contributed by atoms with Crippen molar-refractivity contribution < 1.29 is 131 Å². The van der Waals surface area contributed by atoms with Gasteiger partial charge in [0.05, 0.1) is 78.5 Å². The number of carbonyl (C=O) groups excluding carboxylic acids is 6. The van der Waals surface area contributed by atoms with Crippen molar-refractivity contribution in [2.45, 2.75) is 18.1 Å². The molecule has 3 aromatic rings. The Hall–Kier alpha value is -10.8. The molecular formula is C66H99N21O27. The summed E-state index contributed by atoms with van der Waals surface area (Å²) in [6.07, 6.45) is 2.67. The maximum atomic E-state index is 14.5. The van der Waals surface area contributed by atoms with E-state index in [1.165, 1.54) is 0 Å². The van der Waals surface area contributed by atoms with Crippen LogP contribution in [0.1, 0.15) is 67.3 Å². The molecule has 7 rings (SSSR count). The van der Waals surface area contributed by atoms with Crippen molar-refractivity contribution in [3.63, 3.8) is 0 Å². The average Bonchev–Trinajstić information content (AvgIpc) is 1.67. The van der Waals surface area contributed by atoms with Crippen molar-refractivity contribution in [1.29, 1.82) is 0 Å². The number of amides is 6. The summed E-state index contributed by atoms with van der Waals surface area (Å²) in [6, 6.07) is -4.48. The third-order valence-corrected chi connectivity index (χ3v) is 18.7. The first-order valence-corrected chi connectivity index (χ1v) is 36.5. The highest BCUT2D eigenvalue weighted by Crippen LogP contribution is 2.21. The van der Waals surface area contributed by atoms with Crippen LogP contribution < -0.4 is 31.9 Å². The minimum Gasteiger partial charge on any atom is -0.480 e. The number of nitrogens with zero attached hydrogens (tertiary/aromatic N) is 15. The van der Waals surface area contributed by atoms with E-state index in [1.54, 1.807) is 58.8 Å². The Kier molecular flexibility index (Phi) is 36.3. The summed E-state index contributed by atoms with van der Waals surface area (Å²) in [4.78, 5) is 225. The maximum Gasteiger partial charge on any atom is 0.317 e. The van der Waals surface area contributed by atoms with Gasteiger partial charge >= 0.3 is 53.7 Å². The third kappa shape index (κ3) is 33.1. The predicted molar refractivity (Wildman–Crippen MR) is 385 cm³/mol. The molecule has 3 fully saturated rings. The van der Waals surface area contributed by atoms with Gasteiger partial charge in [-0.15, -0.1) is 0 Å². The largest absolute Gasteiger partial charge is 0.480 e. The van der Waals surface area contributed by atoms with Gasteiger partial charge < -0.3 is 91.1 Å². The van der Waals surface area contributed by atoms with Gasteiger partial charge in [-0.3, -0.25) is 131 Å².